The number of fused-ring (bicyclic) bond motifs is 1. The molecule has 0 aliphatic carbocycles. The van der Waals surface area contributed by atoms with Crippen molar-refractivity contribution in [3.63, 3.8) is 0 Å². The number of anilines is 1. The fourth-order valence-electron chi connectivity index (χ4n) is 3.23. The first-order valence-electron chi connectivity index (χ1n) is 7.41. The number of amides is 1. The molecule has 1 unspecified atom stereocenters. The van der Waals surface area contributed by atoms with Crippen LogP contribution in [0.3, 0.4) is 0 Å². The number of nitrogens with zero attached hydrogens (tertiary/aromatic N) is 1. The summed E-state index contributed by atoms with van der Waals surface area (Å²) >= 11 is 0. The van der Waals surface area contributed by atoms with E-state index in [2.05, 4.69) is 29.3 Å². The van der Waals surface area contributed by atoms with Crippen LogP contribution in [0.2, 0.25) is 0 Å². The summed E-state index contributed by atoms with van der Waals surface area (Å²) in [5.41, 5.74) is 2.40. The highest BCUT2D eigenvalue weighted by Crippen LogP contribution is 2.27. The van der Waals surface area contributed by atoms with Gasteiger partial charge in [0.15, 0.2) is 0 Å². The van der Waals surface area contributed by atoms with Gasteiger partial charge in [-0.05, 0) is 30.4 Å². The van der Waals surface area contributed by atoms with Crippen LogP contribution in [0.1, 0.15) is 31.7 Å². The van der Waals surface area contributed by atoms with Crippen molar-refractivity contribution in [2.24, 2.45) is 5.92 Å². The molecule has 1 fully saturated rings. The van der Waals surface area contributed by atoms with E-state index in [-0.39, 0.29) is 11.9 Å². The third-order valence-electron chi connectivity index (χ3n) is 4.57. The maximum atomic E-state index is 12.5. The zero-order valence-electron chi connectivity index (χ0n) is 11.6. The van der Waals surface area contributed by atoms with Gasteiger partial charge in [0.2, 0.25) is 5.91 Å². The van der Waals surface area contributed by atoms with Gasteiger partial charge < -0.3 is 10.2 Å². The SMILES string of the molecule is CCC1CCN(C(=O)C2Cc3ccccc3N2)CC1. The topological polar surface area (TPSA) is 32.3 Å². The van der Waals surface area contributed by atoms with Gasteiger partial charge in [-0.25, -0.2) is 0 Å². The first kappa shape index (κ1) is 12.5. The number of rotatable bonds is 2. The number of nitrogens with one attached hydrogen (secondary N) is 1. The van der Waals surface area contributed by atoms with Gasteiger partial charge >= 0.3 is 0 Å². The molecule has 1 amide bonds. The Balaban J connectivity index is 1.61. The summed E-state index contributed by atoms with van der Waals surface area (Å²) in [6.07, 6.45) is 4.42. The van der Waals surface area contributed by atoms with Crippen LogP contribution < -0.4 is 5.32 Å². The molecule has 0 radical (unpaired) electrons. The van der Waals surface area contributed by atoms with E-state index in [0.717, 1.165) is 31.1 Å². The van der Waals surface area contributed by atoms with E-state index >= 15 is 0 Å². The summed E-state index contributed by atoms with van der Waals surface area (Å²) in [5.74, 6) is 1.10. The number of hydrogen-bond donors (Lipinski definition) is 1. The van der Waals surface area contributed by atoms with E-state index in [0.29, 0.717) is 0 Å². The predicted octanol–water partition coefficient (Wildman–Crippen LogP) is 2.67. The number of benzene rings is 1. The Bertz CT molecular complexity index is 439. The van der Waals surface area contributed by atoms with Crippen LogP contribution in [-0.2, 0) is 11.2 Å². The highest BCUT2D eigenvalue weighted by atomic mass is 16.2. The number of para-hydroxylation sites is 1. The highest BCUT2D eigenvalue weighted by Gasteiger charge is 2.31. The Morgan fingerprint density at radius 3 is 2.74 bits per heavy atom. The maximum absolute atomic E-state index is 12.5. The van der Waals surface area contributed by atoms with Gasteiger partial charge in [-0.3, -0.25) is 4.79 Å². The van der Waals surface area contributed by atoms with E-state index in [4.69, 9.17) is 0 Å². The van der Waals surface area contributed by atoms with E-state index in [9.17, 15) is 4.79 Å². The first-order chi connectivity index (χ1) is 9.28. The Morgan fingerprint density at radius 2 is 2.05 bits per heavy atom. The van der Waals surface area contributed by atoms with Gasteiger partial charge in [0.05, 0.1) is 0 Å². The van der Waals surface area contributed by atoms with E-state index in [1.807, 2.05) is 12.1 Å². The fraction of sp³-hybridized carbons (Fsp3) is 0.562. The second-order valence-corrected chi connectivity index (χ2v) is 5.74. The summed E-state index contributed by atoms with van der Waals surface area (Å²) in [6, 6.07) is 8.19. The van der Waals surface area contributed by atoms with Crippen molar-refractivity contribution in [2.75, 3.05) is 18.4 Å². The zero-order valence-corrected chi connectivity index (χ0v) is 11.6. The van der Waals surface area contributed by atoms with Crippen molar-refractivity contribution in [3.05, 3.63) is 29.8 Å². The van der Waals surface area contributed by atoms with Gasteiger partial charge in [0, 0.05) is 25.2 Å². The minimum Gasteiger partial charge on any atom is -0.373 e. The molecule has 0 bridgehead atoms. The summed E-state index contributed by atoms with van der Waals surface area (Å²) in [4.78, 5) is 14.6. The molecule has 0 spiro atoms. The molecule has 3 rings (SSSR count). The Morgan fingerprint density at radius 1 is 1.32 bits per heavy atom. The lowest BCUT2D eigenvalue weighted by molar-refractivity contribution is -0.133. The quantitative estimate of drug-likeness (QED) is 0.884. The molecule has 1 saturated heterocycles. The molecule has 1 N–H and O–H groups in total. The van der Waals surface area contributed by atoms with Crippen molar-refractivity contribution < 1.29 is 4.79 Å². The molecule has 3 heteroatoms. The maximum Gasteiger partial charge on any atom is 0.245 e. The second-order valence-electron chi connectivity index (χ2n) is 5.74. The average molecular weight is 258 g/mol. The van der Waals surface area contributed by atoms with Crippen molar-refractivity contribution in [1.82, 2.24) is 4.90 Å². The Hall–Kier alpha value is -1.51. The predicted molar refractivity (Wildman–Crippen MR) is 77.2 cm³/mol. The van der Waals surface area contributed by atoms with E-state index in [1.54, 1.807) is 0 Å². The number of carbonyl (C=O) groups is 1. The van der Waals surface area contributed by atoms with Crippen LogP contribution in [0.5, 0.6) is 0 Å². The standard InChI is InChI=1S/C16H22N2O/c1-2-12-7-9-18(10-8-12)16(19)15-11-13-5-3-4-6-14(13)17-15/h3-6,12,15,17H,2,7-11H2,1H3. The molecule has 2 heterocycles. The lowest BCUT2D eigenvalue weighted by Crippen LogP contribution is -2.45. The normalized spacial score (nSPS) is 23.0. The second kappa shape index (κ2) is 5.24. The molecule has 102 valence electrons. The molecule has 3 nitrogen and oxygen atoms in total. The van der Waals surface area contributed by atoms with Gasteiger partial charge in [-0.2, -0.15) is 0 Å². The van der Waals surface area contributed by atoms with Crippen LogP contribution >= 0.6 is 0 Å². The minimum absolute atomic E-state index is 0.0458. The average Bonchev–Trinajstić information content (AvgIpc) is 2.90. The van der Waals surface area contributed by atoms with E-state index < -0.39 is 0 Å². The van der Waals surface area contributed by atoms with Crippen molar-refractivity contribution >= 4 is 11.6 Å². The summed E-state index contributed by atoms with van der Waals surface area (Å²) in [7, 11) is 0. The van der Waals surface area contributed by atoms with Crippen LogP contribution in [-0.4, -0.2) is 29.9 Å². The lowest BCUT2D eigenvalue weighted by atomic mass is 9.94. The molecule has 19 heavy (non-hydrogen) atoms. The van der Waals surface area contributed by atoms with Crippen molar-refractivity contribution in [1.29, 1.82) is 0 Å². The molecule has 0 aromatic heterocycles. The molecule has 1 atom stereocenters. The number of hydrogen-bond acceptors (Lipinski definition) is 2. The third-order valence-corrected chi connectivity index (χ3v) is 4.57. The number of likely N-dealkylation sites (tertiary alicyclic amines) is 1. The van der Waals surface area contributed by atoms with Crippen LogP contribution in [0.15, 0.2) is 24.3 Å². The van der Waals surface area contributed by atoms with Crippen LogP contribution in [0.4, 0.5) is 5.69 Å². The summed E-state index contributed by atoms with van der Waals surface area (Å²) in [6.45, 7) is 4.12. The van der Waals surface area contributed by atoms with Gasteiger partial charge in [0.25, 0.3) is 0 Å². The molecule has 0 saturated carbocycles. The van der Waals surface area contributed by atoms with Gasteiger partial charge in [0.1, 0.15) is 6.04 Å². The highest BCUT2D eigenvalue weighted by molar-refractivity contribution is 5.87. The lowest BCUT2D eigenvalue weighted by Gasteiger charge is -2.33. The Kier molecular flexibility index (Phi) is 3.45. The summed E-state index contributed by atoms with van der Waals surface area (Å²) in [5, 5.41) is 3.37. The smallest absolute Gasteiger partial charge is 0.245 e. The largest absolute Gasteiger partial charge is 0.373 e. The molecular formula is C16H22N2O. The van der Waals surface area contributed by atoms with Crippen LogP contribution in [0, 0.1) is 5.92 Å². The molecule has 1 aromatic carbocycles. The van der Waals surface area contributed by atoms with Crippen molar-refractivity contribution in [2.45, 2.75) is 38.6 Å². The monoisotopic (exact) mass is 258 g/mol. The van der Waals surface area contributed by atoms with Crippen LogP contribution in [0.25, 0.3) is 0 Å². The molecule has 2 aliphatic rings. The molecule has 1 aromatic rings. The fourth-order valence-corrected chi connectivity index (χ4v) is 3.23. The van der Waals surface area contributed by atoms with E-state index in [1.165, 1.54) is 24.8 Å². The number of piperidine rings is 1. The first-order valence-corrected chi connectivity index (χ1v) is 7.41. The summed E-state index contributed by atoms with van der Waals surface area (Å²) < 4.78 is 0. The minimum atomic E-state index is -0.0458. The van der Waals surface area contributed by atoms with Crippen molar-refractivity contribution in [3.8, 4) is 0 Å². The Labute approximate surface area is 115 Å². The molecule has 2 aliphatic heterocycles. The zero-order chi connectivity index (χ0) is 13.2. The molecular weight excluding hydrogens is 236 g/mol. The van der Waals surface area contributed by atoms with Gasteiger partial charge in [-0.1, -0.05) is 31.5 Å². The number of carbonyl (C=O) groups excluding carboxylic acids is 1. The third kappa shape index (κ3) is 2.46. The van der Waals surface area contributed by atoms with Gasteiger partial charge in [-0.15, -0.1) is 0 Å².